The number of thiazole rings is 1. The smallest absolute Gasteiger partial charge is 0.183 e. The summed E-state index contributed by atoms with van der Waals surface area (Å²) in [5.41, 5.74) is 0.644. The van der Waals surface area contributed by atoms with Crippen LogP contribution in [-0.4, -0.2) is 22.2 Å². The van der Waals surface area contributed by atoms with Gasteiger partial charge in [0, 0.05) is 12.7 Å². The van der Waals surface area contributed by atoms with Crippen LogP contribution < -0.4 is 5.32 Å². The summed E-state index contributed by atoms with van der Waals surface area (Å²) in [6, 6.07) is 10.3. The summed E-state index contributed by atoms with van der Waals surface area (Å²) in [6.45, 7) is 0.606. The number of hydrogen-bond acceptors (Lipinski definition) is 4. The van der Waals surface area contributed by atoms with Gasteiger partial charge >= 0.3 is 0 Å². The second kappa shape index (κ2) is 5.94. The van der Waals surface area contributed by atoms with Crippen molar-refractivity contribution in [2.75, 3.05) is 11.9 Å². The van der Waals surface area contributed by atoms with Crippen molar-refractivity contribution in [3.63, 3.8) is 0 Å². The Morgan fingerprint density at radius 3 is 2.65 bits per heavy atom. The van der Waals surface area contributed by atoms with Crippen LogP contribution >= 0.6 is 11.3 Å². The summed E-state index contributed by atoms with van der Waals surface area (Å²) in [4.78, 5) is 5.56. The van der Waals surface area contributed by atoms with Gasteiger partial charge in [0.25, 0.3) is 0 Å². The van der Waals surface area contributed by atoms with E-state index in [-0.39, 0.29) is 0 Å². The molecule has 1 aliphatic rings. The van der Waals surface area contributed by atoms with Crippen molar-refractivity contribution in [3.8, 4) is 10.4 Å². The van der Waals surface area contributed by atoms with Gasteiger partial charge in [-0.1, -0.05) is 60.9 Å². The molecule has 0 aliphatic heterocycles. The normalized spacial score (nSPS) is 17.9. The van der Waals surface area contributed by atoms with E-state index >= 15 is 0 Å². The predicted octanol–water partition coefficient (Wildman–Crippen LogP) is 3.92. The maximum Gasteiger partial charge on any atom is 0.183 e. The molecule has 0 spiro atoms. The van der Waals surface area contributed by atoms with E-state index in [9.17, 15) is 5.11 Å². The van der Waals surface area contributed by atoms with E-state index in [1.165, 1.54) is 12.0 Å². The first kappa shape index (κ1) is 13.6. The third kappa shape index (κ3) is 3.19. The standard InChI is InChI=1S/C16H20N2OS/c19-16(9-5-2-6-10-16)12-18-15-17-11-14(20-15)13-7-3-1-4-8-13/h1,3-4,7-8,11,19H,2,5-6,9-10,12H2,(H,17,18). The lowest BCUT2D eigenvalue weighted by Crippen LogP contribution is -2.38. The molecule has 1 aromatic heterocycles. The number of nitrogens with zero attached hydrogens (tertiary/aromatic N) is 1. The Labute approximate surface area is 123 Å². The van der Waals surface area contributed by atoms with Crippen LogP contribution in [0.5, 0.6) is 0 Å². The Hall–Kier alpha value is -1.39. The molecule has 1 fully saturated rings. The fourth-order valence-corrected chi connectivity index (χ4v) is 3.54. The van der Waals surface area contributed by atoms with Gasteiger partial charge in [-0.3, -0.25) is 0 Å². The first-order valence-corrected chi connectivity index (χ1v) is 8.04. The summed E-state index contributed by atoms with van der Waals surface area (Å²) in [5.74, 6) is 0. The van der Waals surface area contributed by atoms with Crippen molar-refractivity contribution < 1.29 is 5.11 Å². The molecule has 3 rings (SSSR count). The zero-order chi connectivity index (χ0) is 13.8. The van der Waals surface area contributed by atoms with Gasteiger partial charge in [-0.05, 0) is 18.4 Å². The maximum absolute atomic E-state index is 10.5. The molecule has 1 aliphatic carbocycles. The van der Waals surface area contributed by atoms with E-state index in [2.05, 4.69) is 22.4 Å². The molecule has 0 radical (unpaired) electrons. The van der Waals surface area contributed by atoms with E-state index in [1.807, 2.05) is 24.4 Å². The van der Waals surface area contributed by atoms with Gasteiger partial charge < -0.3 is 10.4 Å². The molecular formula is C16H20N2OS. The molecule has 0 atom stereocenters. The molecular weight excluding hydrogens is 268 g/mol. The Morgan fingerprint density at radius 2 is 1.90 bits per heavy atom. The van der Waals surface area contributed by atoms with Gasteiger partial charge in [-0.15, -0.1) is 0 Å². The first-order chi connectivity index (χ1) is 9.75. The second-order valence-electron chi connectivity index (χ2n) is 5.53. The Bertz CT molecular complexity index is 547. The van der Waals surface area contributed by atoms with Gasteiger partial charge in [0.15, 0.2) is 5.13 Å². The predicted molar refractivity (Wildman–Crippen MR) is 84.1 cm³/mol. The highest BCUT2D eigenvalue weighted by atomic mass is 32.1. The van der Waals surface area contributed by atoms with Gasteiger partial charge in [0.2, 0.25) is 0 Å². The number of anilines is 1. The molecule has 1 aromatic carbocycles. The van der Waals surface area contributed by atoms with Gasteiger partial charge in [-0.2, -0.15) is 0 Å². The van der Waals surface area contributed by atoms with Gasteiger partial charge in [0.05, 0.1) is 10.5 Å². The number of rotatable bonds is 4. The molecule has 0 bridgehead atoms. The van der Waals surface area contributed by atoms with Crippen LogP contribution in [0.3, 0.4) is 0 Å². The van der Waals surface area contributed by atoms with Crippen molar-refractivity contribution in [1.82, 2.24) is 4.98 Å². The molecule has 0 unspecified atom stereocenters. The Morgan fingerprint density at radius 1 is 1.15 bits per heavy atom. The lowest BCUT2D eigenvalue weighted by atomic mass is 9.85. The fourth-order valence-electron chi connectivity index (χ4n) is 2.72. The minimum absolute atomic E-state index is 0.545. The zero-order valence-electron chi connectivity index (χ0n) is 11.5. The third-order valence-electron chi connectivity index (χ3n) is 3.92. The summed E-state index contributed by atoms with van der Waals surface area (Å²) >= 11 is 1.64. The second-order valence-corrected chi connectivity index (χ2v) is 6.56. The largest absolute Gasteiger partial charge is 0.388 e. The number of nitrogens with one attached hydrogen (secondary N) is 1. The van der Waals surface area contributed by atoms with Gasteiger partial charge in [0.1, 0.15) is 0 Å². The van der Waals surface area contributed by atoms with Crippen molar-refractivity contribution in [1.29, 1.82) is 0 Å². The van der Waals surface area contributed by atoms with Crippen molar-refractivity contribution in [2.24, 2.45) is 0 Å². The third-order valence-corrected chi connectivity index (χ3v) is 4.92. The van der Waals surface area contributed by atoms with Crippen LogP contribution in [0.4, 0.5) is 5.13 Å². The quantitative estimate of drug-likeness (QED) is 0.896. The minimum Gasteiger partial charge on any atom is -0.388 e. The van der Waals surface area contributed by atoms with Crippen molar-refractivity contribution in [2.45, 2.75) is 37.7 Å². The number of hydrogen-bond donors (Lipinski definition) is 2. The summed E-state index contributed by atoms with van der Waals surface area (Å²) in [6.07, 6.45) is 7.20. The lowest BCUT2D eigenvalue weighted by Gasteiger charge is -2.32. The average molecular weight is 288 g/mol. The first-order valence-electron chi connectivity index (χ1n) is 7.23. The molecule has 2 N–H and O–H groups in total. The fraction of sp³-hybridized carbons (Fsp3) is 0.438. The SMILES string of the molecule is OC1(CNc2ncc(-c3ccccc3)s2)CCCCC1. The molecule has 0 saturated heterocycles. The summed E-state index contributed by atoms with van der Waals surface area (Å²) < 4.78 is 0. The highest BCUT2D eigenvalue weighted by molar-refractivity contribution is 7.18. The van der Waals surface area contributed by atoms with Crippen molar-refractivity contribution >= 4 is 16.5 Å². The van der Waals surface area contributed by atoms with E-state index in [4.69, 9.17) is 0 Å². The summed E-state index contributed by atoms with van der Waals surface area (Å²) in [5, 5.41) is 14.7. The monoisotopic (exact) mass is 288 g/mol. The van der Waals surface area contributed by atoms with Crippen LogP contribution in [0.1, 0.15) is 32.1 Å². The van der Waals surface area contributed by atoms with Crippen LogP contribution in [0.2, 0.25) is 0 Å². The average Bonchev–Trinajstić information content (AvgIpc) is 2.96. The number of aliphatic hydroxyl groups is 1. The lowest BCUT2D eigenvalue weighted by molar-refractivity contribution is 0.0167. The molecule has 2 aromatic rings. The van der Waals surface area contributed by atoms with Crippen molar-refractivity contribution in [3.05, 3.63) is 36.5 Å². The molecule has 1 saturated carbocycles. The topological polar surface area (TPSA) is 45.1 Å². The van der Waals surface area contributed by atoms with Crippen LogP contribution in [0, 0.1) is 0 Å². The van der Waals surface area contributed by atoms with Crippen LogP contribution in [0.15, 0.2) is 36.5 Å². The van der Waals surface area contributed by atoms with Crippen LogP contribution in [0.25, 0.3) is 10.4 Å². The molecule has 1 heterocycles. The zero-order valence-corrected chi connectivity index (χ0v) is 12.3. The van der Waals surface area contributed by atoms with E-state index in [1.54, 1.807) is 11.3 Å². The highest BCUT2D eigenvalue weighted by Gasteiger charge is 2.28. The highest BCUT2D eigenvalue weighted by Crippen LogP contribution is 2.31. The van der Waals surface area contributed by atoms with E-state index in [0.29, 0.717) is 6.54 Å². The molecule has 3 nitrogen and oxygen atoms in total. The number of benzene rings is 1. The Kier molecular flexibility index (Phi) is 4.03. The Balaban J connectivity index is 1.63. The molecule has 20 heavy (non-hydrogen) atoms. The van der Waals surface area contributed by atoms with Gasteiger partial charge in [-0.25, -0.2) is 4.98 Å². The van der Waals surface area contributed by atoms with E-state index < -0.39 is 5.60 Å². The van der Waals surface area contributed by atoms with E-state index in [0.717, 1.165) is 35.7 Å². The van der Waals surface area contributed by atoms with Crippen LogP contribution in [-0.2, 0) is 0 Å². The maximum atomic E-state index is 10.5. The minimum atomic E-state index is -0.545. The summed E-state index contributed by atoms with van der Waals surface area (Å²) in [7, 11) is 0. The molecule has 0 amide bonds. The molecule has 106 valence electrons. The number of aromatic nitrogens is 1. The molecule has 4 heteroatoms.